The van der Waals surface area contributed by atoms with Gasteiger partial charge in [0.2, 0.25) is 0 Å². The van der Waals surface area contributed by atoms with Crippen molar-refractivity contribution >= 4 is 22.9 Å². The fraction of sp³-hybridized carbons (Fsp3) is 0.385. The molecule has 1 aliphatic heterocycles. The number of amides is 1. The van der Waals surface area contributed by atoms with Gasteiger partial charge in [-0.2, -0.15) is 0 Å². The number of carbonyl (C=O) groups is 2. The lowest BCUT2D eigenvalue weighted by Gasteiger charge is -2.24. The number of esters is 1. The van der Waals surface area contributed by atoms with Crippen LogP contribution >= 0.6 is 0 Å². The summed E-state index contributed by atoms with van der Waals surface area (Å²) in [5.74, 6) is -1.08. The van der Waals surface area contributed by atoms with E-state index in [0.717, 1.165) is 5.56 Å². The van der Waals surface area contributed by atoms with Gasteiger partial charge in [0, 0.05) is 0 Å². The van der Waals surface area contributed by atoms with Crippen molar-refractivity contribution in [3.8, 4) is 0 Å². The van der Waals surface area contributed by atoms with Crippen LogP contribution in [0.4, 0.5) is 4.39 Å². The Hall–Kier alpha value is -3.35. The smallest absolute Gasteiger partial charge is 0.309 e. The molecule has 0 spiro atoms. The third kappa shape index (κ3) is 5.92. The van der Waals surface area contributed by atoms with Gasteiger partial charge in [-0.05, 0) is 57.2 Å². The molecule has 0 bridgehead atoms. The van der Waals surface area contributed by atoms with E-state index in [2.05, 4.69) is 15.3 Å². The van der Waals surface area contributed by atoms with Crippen molar-refractivity contribution in [2.75, 3.05) is 0 Å². The average molecular weight is 450 g/mol. The number of fused-ring (bicyclic) bond motifs is 1. The summed E-state index contributed by atoms with van der Waals surface area (Å²) in [6.45, 7) is 3.02. The highest BCUT2D eigenvalue weighted by atomic mass is 19.1. The maximum absolute atomic E-state index is 14.0. The maximum atomic E-state index is 14.0. The second-order valence-corrected chi connectivity index (χ2v) is 9.18. The number of nitrogens with one attached hydrogen (secondary N) is 1. The Balaban J connectivity index is 1.52. The summed E-state index contributed by atoms with van der Waals surface area (Å²) in [5, 5.41) is 3.01. The number of carbonyl (C=O) groups excluding carboxylic acids is 2. The van der Waals surface area contributed by atoms with Crippen LogP contribution in [0.15, 0.2) is 60.8 Å². The summed E-state index contributed by atoms with van der Waals surface area (Å²) in [7, 11) is 0. The lowest BCUT2D eigenvalue weighted by atomic mass is 9.90. The molecule has 1 saturated heterocycles. The monoisotopic (exact) mass is 449 g/mol. The summed E-state index contributed by atoms with van der Waals surface area (Å²) in [6, 6.07) is 16.6. The Kier molecular flexibility index (Phi) is 6.67. The van der Waals surface area contributed by atoms with E-state index < -0.39 is 17.8 Å². The fourth-order valence-corrected chi connectivity index (χ4v) is 4.12. The number of alkyl halides is 1. The number of benzene rings is 2. The van der Waals surface area contributed by atoms with Crippen LogP contribution in [-0.4, -0.2) is 39.7 Å². The lowest BCUT2D eigenvalue weighted by molar-refractivity contribution is -0.145. The molecule has 172 valence electrons. The number of aromatic nitrogens is 2. The summed E-state index contributed by atoms with van der Waals surface area (Å²) < 4.78 is 19.6. The summed E-state index contributed by atoms with van der Waals surface area (Å²) >= 11 is 0. The predicted molar refractivity (Wildman–Crippen MR) is 123 cm³/mol. The molecule has 7 heteroatoms. The Bertz CT molecular complexity index is 1130. The van der Waals surface area contributed by atoms with Gasteiger partial charge < -0.3 is 10.1 Å². The average Bonchev–Trinajstić information content (AvgIpc) is 3.17. The number of hydrogen-bond donors (Lipinski definition) is 1. The molecule has 4 rings (SSSR count). The molecule has 0 aliphatic carbocycles. The zero-order valence-electron chi connectivity index (χ0n) is 18.8. The topological polar surface area (TPSA) is 81.2 Å². The van der Waals surface area contributed by atoms with Crippen molar-refractivity contribution in [2.24, 2.45) is 5.92 Å². The second kappa shape index (κ2) is 9.65. The van der Waals surface area contributed by atoms with E-state index >= 15 is 0 Å². The standard InChI is InChI=1S/C26H28FN3O3/c1-26(2,27)13-12-18-15-23(33-25(18)32)21(14-17-8-4-3-5-9-17)30-24(31)22-16-28-19-10-6-7-11-20(19)29-22/h3-11,16,18,21,23H,12-15H2,1-2H3,(H,30,31)/t18-,21+,23+/m1/s1. The van der Waals surface area contributed by atoms with E-state index in [-0.39, 0.29) is 29.9 Å². The molecule has 0 radical (unpaired) electrons. The number of ether oxygens (including phenoxy) is 1. The first-order valence-electron chi connectivity index (χ1n) is 11.2. The molecule has 2 heterocycles. The molecule has 3 aromatic rings. The number of halogens is 1. The molecule has 33 heavy (non-hydrogen) atoms. The minimum atomic E-state index is -1.34. The zero-order chi connectivity index (χ0) is 23.4. The minimum absolute atomic E-state index is 0.201. The van der Waals surface area contributed by atoms with Crippen molar-refractivity contribution in [1.82, 2.24) is 15.3 Å². The van der Waals surface area contributed by atoms with Gasteiger partial charge in [0.05, 0.1) is 29.2 Å². The molecule has 6 nitrogen and oxygen atoms in total. The van der Waals surface area contributed by atoms with Gasteiger partial charge in [0.25, 0.3) is 5.91 Å². The Labute approximate surface area is 192 Å². The van der Waals surface area contributed by atoms with Crippen LogP contribution in [0.3, 0.4) is 0 Å². The number of nitrogens with zero attached hydrogens (tertiary/aromatic N) is 2. The first kappa shape index (κ1) is 22.8. The van der Waals surface area contributed by atoms with Crippen molar-refractivity contribution in [3.05, 3.63) is 72.1 Å². The summed E-state index contributed by atoms with van der Waals surface area (Å²) in [4.78, 5) is 34.3. The van der Waals surface area contributed by atoms with E-state index in [4.69, 9.17) is 4.74 Å². The minimum Gasteiger partial charge on any atom is -0.460 e. The fourth-order valence-electron chi connectivity index (χ4n) is 4.12. The van der Waals surface area contributed by atoms with Crippen molar-refractivity contribution in [2.45, 2.75) is 57.3 Å². The van der Waals surface area contributed by atoms with E-state index in [1.165, 1.54) is 20.0 Å². The van der Waals surface area contributed by atoms with Crippen LogP contribution < -0.4 is 5.32 Å². The quantitative estimate of drug-likeness (QED) is 0.515. The van der Waals surface area contributed by atoms with E-state index in [1.54, 1.807) is 6.07 Å². The van der Waals surface area contributed by atoms with Crippen molar-refractivity contribution in [3.63, 3.8) is 0 Å². The Morgan fingerprint density at radius 3 is 2.58 bits per heavy atom. The molecule has 3 atom stereocenters. The van der Waals surface area contributed by atoms with Crippen molar-refractivity contribution < 1.29 is 18.7 Å². The highest BCUT2D eigenvalue weighted by molar-refractivity contribution is 5.94. The molecule has 1 aliphatic rings. The van der Waals surface area contributed by atoms with Crippen LogP contribution in [0.25, 0.3) is 11.0 Å². The van der Waals surface area contributed by atoms with Gasteiger partial charge in [-0.15, -0.1) is 0 Å². The van der Waals surface area contributed by atoms with Crippen LogP contribution in [0, 0.1) is 5.92 Å². The van der Waals surface area contributed by atoms with Crippen LogP contribution in [0.2, 0.25) is 0 Å². The highest BCUT2D eigenvalue weighted by Gasteiger charge is 2.40. The number of rotatable bonds is 8. The molecular weight excluding hydrogens is 421 g/mol. The van der Waals surface area contributed by atoms with Gasteiger partial charge in [-0.3, -0.25) is 14.6 Å². The second-order valence-electron chi connectivity index (χ2n) is 9.18. The number of cyclic esters (lactones) is 1. The van der Waals surface area contributed by atoms with Crippen molar-refractivity contribution in [1.29, 1.82) is 0 Å². The van der Waals surface area contributed by atoms with Gasteiger partial charge in [-0.25, -0.2) is 9.37 Å². The molecule has 2 aromatic carbocycles. The maximum Gasteiger partial charge on any atom is 0.309 e. The first-order valence-corrected chi connectivity index (χ1v) is 11.2. The van der Waals surface area contributed by atoms with E-state index in [9.17, 15) is 14.0 Å². The molecular formula is C26H28FN3O3. The lowest BCUT2D eigenvalue weighted by Crippen LogP contribution is -2.45. The molecule has 1 fully saturated rings. The van der Waals surface area contributed by atoms with Gasteiger partial charge in [-0.1, -0.05) is 42.5 Å². The van der Waals surface area contributed by atoms with Crippen LogP contribution in [0.5, 0.6) is 0 Å². The zero-order valence-corrected chi connectivity index (χ0v) is 18.8. The molecule has 1 amide bonds. The highest BCUT2D eigenvalue weighted by Crippen LogP contribution is 2.31. The molecule has 0 unspecified atom stereocenters. The Morgan fingerprint density at radius 2 is 1.85 bits per heavy atom. The third-order valence-corrected chi connectivity index (χ3v) is 5.95. The molecule has 1 N–H and O–H groups in total. The van der Waals surface area contributed by atoms with Gasteiger partial charge >= 0.3 is 5.97 Å². The van der Waals surface area contributed by atoms with Crippen LogP contribution in [0.1, 0.15) is 49.2 Å². The molecule has 1 aromatic heterocycles. The van der Waals surface area contributed by atoms with E-state index in [0.29, 0.717) is 30.3 Å². The largest absolute Gasteiger partial charge is 0.460 e. The molecule has 0 saturated carbocycles. The Morgan fingerprint density at radius 1 is 1.15 bits per heavy atom. The van der Waals surface area contributed by atoms with Gasteiger partial charge in [0.1, 0.15) is 17.5 Å². The van der Waals surface area contributed by atoms with Gasteiger partial charge in [0.15, 0.2) is 0 Å². The number of hydrogen-bond acceptors (Lipinski definition) is 5. The van der Waals surface area contributed by atoms with E-state index in [1.807, 2.05) is 48.5 Å². The first-order chi connectivity index (χ1) is 15.8. The normalized spacial score (nSPS) is 19.3. The predicted octanol–water partition coefficient (Wildman–Crippen LogP) is 4.43. The van der Waals surface area contributed by atoms with Crippen LogP contribution in [-0.2, 0) is 16.0 Å². The number of para-hydroxylation sites is 2. The summed E-state index contributed by atoms with van der Waals surface area (Å²) in [5.41, 5.74) is 1.21. The summed E-state index contributed by atoms with van der Waals surface area (Å²) in [6.07, 6.45) is 2.58. The third-order valence-electron chi connectivity index (χ3n) is 5.95. The SMILES string of the molecule is CC(C)(F)CC[C@@H]1C[C@@H]([C@H](Cc2ccccc2)NC(=O)c2cnc3ccccc3n2)OC1=O.